The van der Waals surface area contributed by atoms with Crippen LogP contribution < -0.4 is 10.6 Å². The maximum absolute atomic E-state index is 11.5. The number of piperidine rings is 1. The van der Waals surface area contributed by atoms with Crippen LogP contribution in [-0.4, -0.2) is 42.6 Å². The number of amides is 2. The highest BCUT2D eigenvalue weighted by Gasteiger charge is 2.25. The average Bonchev–Trinajstić information content (AvgIpc) is 3.11. The number of hydrogen-bond acceptors (Lipinski definition) is 2. The van der Waals surface area contributed by atoms with E-state index in [1.807, 2.05) is 0 Å². The molecule has 1 unspecified atom stereocenters. The lowest BCUT2D eigenvalue weighted by atomic mass is 9.97. The number of carbonyl (C=O) groups is 1. The van der Waals surface area contributed by atoms with Crippen molar-refractivity contribution in [2.24, 2.45) is 5.92 Å². The van der Waals surface area contributed by atoms with Gasteiger partial charge in [0.2, 0.25) is 0 Å². The molecule has 0 aromatic carbocycles. The second kappa shape index (κ2) is 5.71. The fourth-order valence-corrected chi connectivity index (χ4v) is 2.43. The average molecular weight is 239 g/mol. The van der Waals surface area contributed by atoms with E-state index in [-0.39, 0.29) is 6.03 Å². The molecule has 2 amide bonds. The molecule has 2 rings (SSSR count). The molecule has 4 heteroatoms. The largest absolute Gasteiger partial charge is 0.338 e. The SMILES string of the molecule is CC(C)N1CCCC(CNC(=O)NC2CC2)C1. The van der Waals surface area contributed by atoms with Gasteiger partial charge in [0.1, 0.15) is 0 Å². The minimum absolute atomic E-state index is 0.0224. The van der Waals surface area contributed by atoms with Crippen LogP contribution in [0.4, 0.5) is 4.79 Å². The molecule has 1 aliphatic carbocycles. The fourth-order valence-electron chi connectivity index (χ4n) is 2.43. The van der Waals surface area contributed by atoms with E-state index < -0.39 is 0 Å². The molecule has 17 heavy (non-hydrogen) atoms. The number of carbonyl (C=O) groups excluding carboxylic acids is 1. The molecule has 0 radical (unpaired) electrons. The van der Waals surface area contributed by atoms with E-state index in [2.05, 4.69) is 29.4 Å². The molecule has 1 saturated heterocycles. The molecule has 0 aromatic heterocycles. The van der Waals surface area contributed by atoms with Gasteiger partial charge in [-0.1, -0.05) is 0 Å². The van der Waals surface area contributed by atoms with Crippen molar-refractivity contribution in [3.05, 3.63) is 0 Å². The third kappa shape index (κ3) is 4.19. The van der Waals surface area contributed by atoms with E-state index in [1.54, 1.807) is 0 Å². The Morgan fingerprint density at radius 1 is 1.35 bits per heavy atom. The summed E-state index contributed by atoms with van der Waals surface area (Å²) in [7, 11) is 0. The van der Waals surface area contributed by atoms with E-state index >= 15 is 0 Å². The third-order valence-electron chi connectivity index (χ3n) is 3.74. The molecule has 1 aliphatic heterocycles. The zero-order chi connectivity index (χ0) is 12.3. The van der Waals surface area contributed by atoms with Crippen LogP contribution >= 0.6 is 0 Å². The minimum Gasteiger partial charge on any atom is -0.338 e. The summed E-state index contributed by atoms with van der Waals surface area (Å²) in [5.74, 6) is 0.621. The van der Waals surface area contributed by atoms with Gasteiger partial charge in [0.05, 0.1) is 0 Å². The van der Waals surface area contributed by atoms with Crippen molar-refractivity contribution < 1.29 is 4.79 Å². The van der Waals surface area contributed by atoms with Crippen LogP contribution in [0.15, 0.2) is 0 Å². The summed E-state index contributed by atoms with van der Waals surface area (Å²) in [5, 5.41) is 5.97. The van der Waals surface area contributed by atoms with Crippen molar-refractivity contribution >= 4 is 6.03 Å². The Hall–Kier alpha value is -0.770. The van der Waals surface area contributed by atoms with E-state index in [0.717, 1.165) is 25.9 Å². The molecule has 98 valence electrons. The molecule has 1 atom stereocenters. The van der Waals surface area contributed by atoms with Gasteiger partial charge in [-0.25, -0.2) is 4.79 Å². The molecule has 0 bridgehead atoms. The maximum atomic E-state index is 11.5. The van der Waals surface area contributed by atoms with E-state index in [0.29, 0.717) is 18.0 Å². The predicted molar refractivity (Wildman–Crippen MR) is 69.0 cm³/mol. The van der Waals surface area contributed by atoms with Gasteiger partial charge < -0.3 is 15.5 Å². The summed E-state index contributed by atoms with van der Waals surface area (Å²) in [6.07, 6.45) is 4.80. The summed E-state index contributed by atoms with van der Waals surface area (Å²) >= 11 is 0. The lowest BCUT2D eigenvalue weighted by Gasteiger charge is -2.35. The monoisotopic (exact) mass is 239 g/mol. The molecule has 2 N–H and O–H groups in total. The highest BCUT2D eigenvalue weighted by Crippen LogP contribution is 2.19. The lowest BCUT2D eigenvalue weighted by molar-refractivity contribution is 0.139. The molecule has 2 aliphatic rings. The van der Waals surface area contributed by atoms with Gasteiger partial charge in [0, 0.05) is 25.2 Å². The van der Waals surface area contributed by atoms with Crippen molar-refractivity contribution in [1.29, 1.82) is 0 Å². The predicted octanol–water partition coefficient (Wildman–Crippen LogP) is 1.57. The normalized spacial score (nSPS) is 25.9. The van der Waals surface area contributed by atoms with Crippen molar-refractivity contribution in [2.75, 3.05) is 19.6 Å². The quantitative estimate of drug-likeness (QED) is 0.782. The maximum Gasteiger partial charge on any atom is 0.315 e. The zero-order valence-electron chi connectivity index (χ0n) is 11.0. The van der Waals surface area contributed by atoms with Gasteiger partial charge in [-0.15, -0.1) is 0 Å². The van der Waals surface area contributed by atoms with Gasteiger partial charge in [-0.2, -0.15) is 0 Å². The summed E-state index contributed by atoms with van der Waals surface area (Å²) in [6, 6.07) is 1.10. The molecule has 1 saturated carbocycles. The Balaban J connectivity index is 1.65. The Morgan fingerprint density at radius 2 is 2.12 bits per heavy atom. The number of urea groups is 1. The van der Waals surface area contributed by atoms with Crippen LogP contribution in [0.2, 0.25) is 0 Å². The Kier molecular flexibility index (Phi) is 4.26. The van der Waals surface area contributed by atoms with Crippen molar-refractivity contribution in [1.82, 2.24) is 15.5 Å². The minimum atomic E-state index is 0.0224. The van der Waals surface area contributed by atoms with Crippen LogP contribution in [0.25, 0.3) is 0 Å². The number of nitrogens with one attached hydrogen (secondary N) is 2. The topological polar surface area (TPSA) is 44.4 Å². The molecule has 4 nitrogen and oxygen atoms in total. The van der Waals surface area contributed by atoms with Crippen molar-refractivity contribution in [2.45, 2.75) is 51.6 Å². The first-order valence-electron chi connectivity index (χ1n) is 6.93. The van der Waals surface area contributed by atoms with E-state index in [9.17, 15) is 4.79 Å². The first-order valence-corrected chi connectivity index (χ1v) is 6.93. The Labute approximate surface area is 104 Å². The second-order valence-electron chi connectivity index (χ2n) is 5.73. The fraction of sp³-hybridized carbons (Fsp3) is 0.923. The first kappa shape index (κ1) is 12.7. The summed E-state index contributed by atoms with van der Waals surface area (Å²) in [4.78, 5) is 14.0. The number of rotatable bonds is 4. The van der Waals surface area contributed by atoms with Crippen LogP contribution in [0.5, 0.6) is 0 Å². The Morgan fingerprint density at radius 3 is 2.76 bits per heavy atom. The highest BCUT2D eigenvalue weighted by molar-refractivity contribution is 5.74. The van der Waals surface area contributed by atoms with Gasteiger partial charge in [0.15, 0.2) is 0 Å². The van der Waals surface area contributed by atoms with E-state index in [1.165, 1.54) is 19.4 Å². The lowest BCUT2D eigenvalue weighted by Crippen LogP contribution is -2.45. The van der Waals surface area contributed by atoms with Gasteiger partial charge in [0.25, 0.3) is 0 Å². The smallest absolute Gasteiger partial charge is 0.315 e. The van der Waals surface area contributed by atoms with Crippen LogP contribution in [-0.2, 0) is 0 Å². The summed E-state index contributed by atoms with van der Waals surface area (Å²) < 4.78 is 0. The molecule has 0 aromatic rings. The molecule has 1 heterocycles. The number of nitrogens with zero attached hydrogens (tertiary/aromatic N) is 1. The first-order chi connectivity index (χ1) is 8.15. The van der Waals surface area contributed by atoms with Crippen molar-refractivity contribution in [3.63, 3.8) is 0 Å². The highest BCUT2D eigenvalue weighted by atomic mass is 16.2. The Bertz CT molecular complexity index is 263. The van der Waals surface area contributed by atoms with Gasteiger partial charge in [-0.05, 0) is 52.0 Å². The zero-order valence-corrected chi connectivity index (χ0v) is 11.0. The van der Waals surface area contributed by atoms with E-state index in [4.69, 9.17) is 0 Å². The number of hydrogen-bond donors (Lipinski definition) is 2. The second-order valence-corrected chi connectivity index (χ2v) is 5.73. The number of likely N-dealkylation sites (tertiary alicyclic amines) is 1. The summed E-state index contributed by atoms with van der Waals surface area (Å²) in [5.41, 5.74) is 0. The molecule has 2 fully saturated rings. The molecular weight excluding hydrogens is 214 g/mol. The van der Waals surface area contributed by atoms with Gasteiger partial charge in [-0.3, -0.25) is 0 Å². The summed E-state index contributed by atoms with van der Waals surface area (Å²) in [6.45, 7) is 7.65. The van der Waals surface area contributed by atoms with Crippen molar-refractivity contribution in [3.8, 4) is 0 Å². The molecular formula is C13H25N3O. The molecule has 0 spiro atoms. The van der Waals surface area contributed by atoms with Gasteiger partial charge >= 0.3 is 6.03 Å². The van der Waals surface area contributed by atoms with Crippen LogP contribution in [0, 0.1) is 5.92 Å². The van der Waals surface area contributed by atoms with Crippen LogP contribution in [0.3, 0.4) is 0 Å². The third-order valence-corrected chi connectivity index (χ3v) is 3.74. The van der Waals surface area contributed by atoms with Crippen LogP contribution in [0.1, 0.15) is 39.5 Å². The standard InChI is InChI=1S/C13H25N3O/c1-10(2)16-7-3-4-11(9-16)8-14-13(17)15-12-5-6-12/h10-12H,3-9H2,1-2H3,(H2,14,15,17).